The Hall–Kier alpha value is -1.09. The van der Waals surface area contributed by atoms with E-state index in [9.17, 15) is 0 Å². The largest absolute Gasteiger partial charge is 0.357 e. The van der Waals surface area contributed by atoms with E-state index in [0.29, 0.717) is 6.04 Å². The van der Waals surface area contributed by atoms with Crippen molar-refractivity contribution >= 4 is 5.82 Å². The van der Waals surface area contributed by atoms with E-state index in [1.165, 1.54) is 45.1 Å². The Labute approximate surface area is 130 Å². The second-order valence-electron chi connectivity index (χ2n) is 6.27. The molecule has 1 unspecified atom stereocenters. The summed E-state index contributed by atoms with van der Waals surface area (Å²) < 4.78 is 0. The molecule has 1 aliphatic rings. The Morgan fingerprint density at radius 3 is 2.71 bits per heavy atom. The van der Waals surface area contributed by atoms with Crippen molar-refractivity contribution in [1.29, 1.82) is 0 Å². The third-order valence-electron chi connectivity index (χ3n) is 4.71. The molecule has 0 aliphatic carbocycles. The molecule has 3 heteroatoms. The van der Waals surface area contributed by atoms with Crippen molar-refractivity contribution in [3.8, 4) is 0 Å². The van der Waals surface area contributed by atoms with E-state index in [-0.39, 0.29) is 0 Å². The van der Waals surface area contributed by atoms with Gasteiger partial charge in [-0.1, -0.05) is 39.2 Å². The molecule has 1 aromatic heterocycles. The molecule has 0 aromatic carbocycles. The molecule has 0 spiro atoms. The maximum atomic E-state index is 4.45. The maximum absolute atomic E-state index is 4.45. The van der Waals surface area contributed by atoms with Gasteiger partial charge in [-0.05, 0) is 43.9 Å². The summed E-state index contributed by atoms with van der Waals surface area (Å²) in [6.07, 6.45) is 9.74. The lowest BCUT2D eigenvalue weighted by atomic mass is 9.97. The van der Waals surface area contributed by atoms with Crippen LogP contribution in [0.2, 0.25) is 0 Å². The molecular formula is C18H31N3. The van der Waals surface area contributed by atoms with Crippen LogP contribution in [0.1, 0.15) is 52.4 Å². The second-order valence-corrected chi connectivity index (χ2v) is 6.27. The molecule has 2 rings (SSSR count). The standard InChI is InChI=1S/C18H31N3/c1-3-5-8-16(4-2)15-20-17-10-13-21(14-11-17)18-9-6-7-12-19-18/h6-7,9,12,16-17,20H,3-5,8,10-11,13-15H2,1-2H3. The average molecular weight is 289 g/mol. The molecule has 1 saturated heterocycles. The number of piperidine rings is 1. The van der Waals surface area contributed by atoms with Crippen LogP contribution >= 0.6 is 0 Å². The van der Waals surface area contributed by atoms with Gasteiger partial charge in [0.15, 0.2) is 0 Å². The number of nitrogens with one attached hydrogen (secondary N) is 1. The zero-order valence-electron chi connectivity index (χ0n) is 13.7. The Kier molecular flexibility index (Phi) is 7.01. The molecule has 0 amide bonds. The number of aromatic nitrogens is 1. The number of unbranched alkanes of at least 4 members (excludes halogenated alkanes) is 1. The van der Waals surface area contributed by atoms with E-state index in [1.54, 1.807) is 0 Å². The van der Waals surface area contributed by atoms with Crippen molar-refractivity contribution in [2.45, 2.75) is 58.4 Å². The molecule has 1 aromatic rings. The van der Waals surface area contributed by atoms with Gasteiger partial charge in [0.2, 0.25) is 0 Å². The van der Waals surface area contributed by atoms with Gasteiger partial charge in [-0.2, -0.15) is 0 Å². The molecule has 118 valence electrons. The highest BCUT2D eigenvalue weighted by atomic mass is 15.2. The summed E-state index contributed by atoms with van der Waals surface area (Å²) in [7, 11) is 0. The van der Waals surface area contributed by atoms with Gasteiger partial charge in [0.05, 0.1) is 0 Å². The highest BCUT2D eigenvalue weighted by Crippen LogP contribution is 2.18. The first-order valence-electron chi connectivity index (χ1n) is 8.72. The third kappa shape index (κ3) is 5.31. The molecule has 1 aliphatic heterocycles. The number of anilines is 1. The molecule has 0 saturated carbocycles. The van der Waals surface area contributed by atoms with Crippen LogP contribution in [0.25, 0.3) is 0 Å². The van der Waals surface area contributed by atoms with Gasteiger partial charge in [0.25, 0.3) is 0 Å². The molecule has 0 radical (unpaired) electrons. The van der Waals surface area contributed by atoms with Crippen molar-refractivity contribution in [2.24, 2.45) is 5.92 Å². The molecular weight excluding hydrogens is 258 g/mol. The van der Waals surface area contributed by atoms with Gasteiger partial charge in [-0.25, -0.2) is 4.98 Å². The van der Waals surface area contributed by atoms with Gasteiger partial charge in [0, 0.05) is 25.3 Å². The minimum absolute atomic E-state index is 0.695. The van der Waals surface area contributed by atoms with Crippen molar-refractivity contribution in [1.82, 2.24) is 10.3 Å². The van der Waals surface area contributed by atoms with Gasteiger partial charge in [-0.15, -0.1) is 0 Å². The lowest BCUT2D eigenvalue weighted by Gasteiger charge is -2.34. The first-order valence-corrected chi connectivity index (χ1v) is 8.72. The van der Waals surface area contributed by atoms with Crippen LogP contribution in [0.15, 0.2) is 24.4 Å². The average Bonchev–Trinajstić information content (AvgIpc) is 2.56. The fourth-order valence-corrected chi connectivity index (χ4v) is 3.13. The van der Waals surface area contributed by atoms with Gasteiger partial charge in [-0.3, -0.25) is 0 Å². The molecule has 0 bridgehead atoms. The zero-order chi connectivity index (χ0) is 14.9. The van der Waals surface area contributed by atoms with Crippen molar-refractivity contribution in [3.05, 3.63) is 24.4 Å². The fourth-order valence-electron chi connectivity index (χ4n) is 3.13. The summed E-state index contributed by atoms with van der Waals surface area (Å²) >= 11 is 0. The monoisotopic (exact) mass is 289 g/mol. The van der Waals surface area contributed by atoms with Crippen LogP contribution in [-0.2, 0) is 0 Å². The highest BCUT2D eigenvalue weighted by molar-refractivity contribution is 5.38. The smallest absolute Gasteiger partial charge is 0.128 e. The van der Waals surface area contributed by atoms with Crippen molar-refractivity contribution < 1.29 is 0 Å². The van der Waals surface area contributed by atoms with Crippen molar-refractivity contribution in [3.63, 3.8) is 0 Å². The molecule has 21 heavy (non-hydrogen) atoms. The van der Waals surface area contributed by atoms with Crippen molar-refractivity contribution in [2.75, 3.05) is 24.5 Å². The number of rotatable bonds is 8. The topological polar surface area (TPSA) is 28.2 Å². The van der Waals surface area contributed by atoms with E-state index in [2.05, 4.69) is 41.2 Å². The quantitative estimate of drug-likeness (QED) is 0.787. The number of hydrogen-bond donors (Lipinski definition) is 1. The molecule has 1 atom stereocenters. The SMILES string of the molecule is CCCCC(CC)CNC1CCN(c2ccccn2)CC1. The predicted octanol–water partition coefficient (Wildman–Crippen LogP) is 3.86. The molecule has 1 N–H and O–H groups in total. The van der Waals surface area contributed by atoms with Crippen LogP contribution in [0.3, 0.4) is 0 Å². The summed E-state index contributed by atoms with van der Waals surface area (Å²) in [5, 5.41) is 3.81. The summed E-state index contributed by atoms with van der Waals surface area (Å²) in [4.78, 5) is 6.86. The van der Waals surface area contributed by atoms with Gasteiger partial charge in [0.1, 0.15) is 5.82 Å². The van der Waals surface area contributed by atoms with E-state index < -0.39 is 0 Å². The number of nitrogens with zero attached hydrogens (tertiary/aromatic N) is 2. The molecule has 2 heterocycles. The predicted molar refractivity (Wildman–Crippen MR) is 90.8 cm³/mol. The summed E-state index contributed by atoms with van der Waals surface area (Å²) in [6, 6.07) is 6.87. The first kappa shape index (κ1) is 16.3. The number of pyridine rings is 1. The van der Waals surface area contributed by atoms with Gasteiger partial charge >= 0.3 is 0 Å². The minimum Gasteiger partial charge on any atom is -0.357 e. The Balaban J connectivity index is 1.69. The van der Waals surface area contributed by atoms with Crippen LogP contribution in [0, 0.1) is 5.92 Å². The molecule has 3 nitrogen and oxygen atoms in total. The summed E-state index contributed by atoms with van der Waals surface area (Å²) in [6.45, 7) is 8.06. The zero-order valence-corrected chi connectivity index (χ0v) is 13.7. The van der Waals surface area contributed by atoms with E-state index >= 15 is 0 Å². The first-order chi connectivity index (χ1) is 10.3. The fraction of sp³-hybridized carbons (Fsp3) is 0.722. The maximum Gasteiger partial charge on any atom is 0.128 e. The van der Waals surface area contributed by atoms with E-state index in [1.807, 2.05) is 12.3 Å². The third-order valence-corrected chi connectivity index (χ3v) is 4.71. The summed E-state index contributed by atoms with van der Waals surface area (Å²) in [5.74, 6) is 1.99. The van der Waals surface area contributed by atoms with E-state index in [4.69, 9.17) is 0 Å². The van der Waals surface area contributed by atoms with Gasteiger partial charge < -0.3 is 10.2 Å². The molecule has 1 fully saturated rings. The van der Waals surface area contributed by atoms with Crippen LogP contribution in [-0.4, -0.2) is 30.7 Å². The number of hydrogen-bond acceptors (Lipinski definition) is 3. The highest BCUT2D eigenvalue weighted by Gasteiger charge is 2.20. The Morgan fingerprint density at radius 2 is 2.10 bits per heavy atom. The summed E-state index contributed by atoms with van der Waals surface area (Å²) in [5.41, 5.74) is 0. The minimum atomic E-state index is 0.695. The van der Waals surface area contributed by atoms with Crippen LogP contribution in [0.5, 0.6) is 0 Å². The second kappa shape index (κ2) is 9.04. The lowest BCUT2D eigenvalue weighted by Crippen LogP contribution is -2.44. The Morgan fingerprint density at radius 1 is 1.29 bits per heavy atom. The Bertz CT molecular complexity index is 371. The van der Waals surface area contributed by atoms with Crippen LogP contribution < -0.4 is 10.2 Å². The van der Waals surface area contributed by atoms with E-state index in [0.717, 1.165) is 24.8 Å². The van der Waals surface area contributed by atoms with Crippen LogP contribution in [0.4, 0.5) is 5.82 Å². The lowest BCUT2D eigenvalue weighted by molar-refractivity contribution is 0.353. The normalized spacial score (nSPS) is 17.9.